The zero-order valence-electron chi connectivity index (χ0n) is 16.0. The average Bonchev–Trinajstić information content (AvgIpc) is 3.32. The molecule has 2 N–H and O–H groups in total. The Hall–Kier alpha value is -2.30. The minimum absolute atomic E-state index is 0.242. The minimum Gasteiger partial charge on any atom is -0.356 e. The number of nitrogens with one attached hydrogen (secondary N) is 2. The van der Waals surface area contributed by atoms with Crippen molar-refractivity contribution in [3.05, 3.63) is 53.9 Å². The summed E-state index contributed by atoms with van der Waals surface area (Å²) in [6.45, 7) is 4.82. The van der Waals surface area contributed by atoms with Gasteiger partial charge in [0, 0.05) is 38.3 Å². The number of benzene rings is 1. The molecule has 0 amide bonds. The summed E-state index contributed by atoms with van der Waals surface area (Å²) in [5.41, 5.74) is 2.90. The molecule has 0 radical (unpaired) electrons. The second-order valence-corrected chi connectivity index (χ2v) is 7.34. The van der Waals surface area contributed by atoms with Crippen LogP contribution in [0.2, 0.25) is 0 Å². The highest BCUT2D eigenvalue weighted by atomic mass is 15.3. The van der Waals surface area contributed by atoms with Gasteiger partial charge < -0.3 is 10.6 Å². The van der Waals surface area contributed by atoms with E-state index in [9.17, 15) is 0 Å². The fourth-order valence-corrected chi connectivity index (χ4v) is 3.92. The van der Waals surface area contributed by atoms with E-state index in [1.54, 1.807) is 0 Å². The Labute approximate surface area is 156 Å². The molecule has 1 aliphatic rings. The topological polar surface area (TPSA) is 54.2 Å². The smallest absolute Gasteiger partial charge is 0.191 e. The van der Waals surface area contributed by atoms with Gasteiger partial charge in [-0.05, 0) is 37.3 Å². The van der Waals surface area contributed by atoms with Crippen LogP contribution in [0, 0.1) is 6.92 Å². The molecule has 26 heavy (non-hydrogen) atoms. The number of aliphatic imine (C=N–C) groups is 1. The molecule has 0 unspecified atom stereocenters. The van der Waals surface area contributed by atoms with Gasteiger partial charge in [0.15, 0.2) is 5.96 Å². The largest absolute Gasteiger partial charge is 0.356 e. The summed E-state index contributed by atoms with van der Waals surface area (Å²) in [6.07, 6.45) is 10.1. The lowest BCUT2D eigenvalue weighted by atomic mass is 9.79. The molecule has 1 saturated carbocycles. The van der Waals surface area contributed by atoms with Crippen LogP contribution in [0.1, 0.15) is 43.2 Å². The van der Waals surface area contributed by atoms with Gasteiger partial charge in [0.25, 0.3) is 0 Å². The van der Waals surface area contributed by atoms with E-state index in [-0.39, 0.29) is 5.41 Å². The molecular weight excluding hydrogens is 322 g/mol. The molecule has 0 atom stereocenters. The number of guanidine groups is 1. The van der Waals surface area contributed by atoms with Crippen molar-refractivity contribution < 1.29 is 0 Å². The molecule has 3 rings (SSSR count). The van der Waals surface area contributed by atoms with Crippen molar-refractivity contribution in [2.45, 2.75) is 51.0 Å². The lowest BCUT2D eigenvalue weighted by Gasteiger charge is -2.30. The first-order valence-corrected chi connectivity index (χ1v) is 9.71. The molecule has 140 valence electrons. The Kier molecular flexibility index (Phi) is 6.31. The first-order valence-electron chi connectivity index (χ1n) is 9.71. The van der Waals surface area contributed by atoms with Crippen molar-refractivity contribution in [1.29, 1.82) is 0 Å². The summed E-state index contributed by atoms with van der Waals surface area (Å²) < 4.78 is 2.00. The SMILES string of the molecule is CN=C(NCCCn1cc(C)cn1)NCC1(c2ccccc2)CCCC1. The maximum atomic E-state index is 4.39. The summed E-state index contributed by atoms with van der Waals surface area (Å²) in [6, 6.07) is 10.9. The van der Waals surface area contributed by atoms with E-state index < -0.39 is 0 Å². The molecule has 0 saturated heterocycles. The molecule has 5 heteroatoms. The summed E-state index contributed by atoms with van der Waals surface area (Å²) in [5, 5.41) is 11.3. The van der Waals surface area contributed by atoms with E-state index in [0.717, 1.165) is 32.0 Å². The molecule has 1 heterocycles. The Balaban J connectivity index is 1.48. The number of hydrogen-bond donors (Lipinski definition) is 2. The van der Waals surface area contributed by atoms with Crippen LogP contribution < -0.4 is 10.6 Å². The maximum absolute atomic E-state index is 4.39. The van der Waals surface area contributed by atoms with Gasteiger partial charge in [0.1, 0.15) is 0 Å². The Morgan fingerprint density at radius 3 is 2.62 bits per heavy atom. The number of aryl methyl sites for hydroxylation is 2. The second-order valence-electron chi connectivity index (χ2n) is 7.34. The predicted octanol–water partition coefficient (Wildman–Crippen LogP) is 3.26. The molecule has 1 aliphatic carbocycles. The van der Waals surface area contributed by atoms with E-state index in [1.165, 1.54) is 36.8 Å². The molecule has 1 aromatic heterocycles. The van der Waals surface area contributed by atoms with Crippen molar-refractivity contribution in [3.63, 3.8) is 0 Å². The van der Waals surface area contributed by atoms with Crippen LogP contribution in [0.15, 0.2) is 47.7 Å². The predicted molar refractivity (Wildman–Crippen MR) is 108 cm³/mol. The highest BCUT2D eigenvalue weighted by molar-refractivity contribution is 5.79. The van der Waals surface area contributed by atoms with E-state index in [1.807, 2.05) is 17.9 Å². The highest BCUT2D eigenvalue weighted by Crippen LogP contribution is 2.40. The van der Waals surface area contributed by atoms with Gasteiger partial charge in [-0.3, -0.25) is 9.67 Å². The standard InChI is InChI=1S/C21H31N5/c1-18-15-25-26(16-18)14-8-13-23-20(22-2)24-17-21(11-6-7-12-21)19-9-4-3-5-10-19/h3-5,9-10,15-16H,6-8,11-14,17H2,1-2H3,(H2,22,23,24). The van der Waals surface area contributed by atoms with E-state index in [2.05, 4.69) is 64.2 Å². The minimum atomic E-state index is 0.242. The van der Waals surface area contributed by atoms with Gasteiger partial charge in [0.2, 0.25) is 0 Å². The van der Waals surface area contributed by atoms with Gasteiger partial charge in [-0.15, -0.1) is 0 Å². The second kappa shape index (κ2) is 8.88. The molecule has 2 aromatic rings. The van der Waals surface area contributed by atoms with Crippen LogP contribution in [0.5, 0.6) is 0 Å². The molecule has 0 spiro atoms. The van der Waals surface area contributed by atoms with Crippen molar-refractivity contribution >= 4 is 5.96 Å². The molecule has 1 fully saturated rings. The summed E-state index contributed by atoms with van der Waals surface area (Å²) in [5.74, 6) is 0.892. The molecule has 5 nitrogen and oxygen atoms in total. The van der Waals surface area contributed by atoms with Gasteiger partial charge >= 0.3 is 0 Å². The number of aromatic nitrogens is 2. The van der Waals surface area contributed by atoms with Crippen LogP contribution >= 0.6 is 0 Å². The summed E-state index contributed by atoms with van der Waals surface area (Å²) >= 11 is 0. The monoisotopic (exact) mass is 353 g/mol. The zero-order valence-corrected chi connectivity index (χ0v) is 16.0. The van der Waals surface area contributed by atoms with Crippen molar-refractivity contribution in [2.75, 3.05) is 20.1 Å². The van der Waals surface area contributed by atoms with Gasteiger partial charge in [-0.2, -0.15) is 5.10 Å². The van der Waals surface area contributed by atoms with Crippen LogP contribution in [0.25, 0.3) is 0 Å². The fraction of sp³-hybridized carbons (Fsp3) is 0.524. The molecule has 1 aromatic carbocycles. The number of nitrogens with zero attached hydrogens (tertiary/aromatic N) is 3. The molecular formula is C21H31N5. The summed E-state index contributed by atoms with van der Waals surface area (Å²) in [7, 11) is 1.84. The number of hydrogen-bond acceptors (Lipinski definition) is 2. The molecule has 0 aliphatic heterocycles. The van der Waals surface area contributed by atoms with Crippen LogP contribution in [0.4, 0.5) is 0 Å². The Bertz CT molecular complexity index is 698. The van der Waals surface area contributed by atoms with Crippen LogP contribution in [-0.4, -0.2) is 35.9 Å². The van der Waals surface area contributed by atoms with E-state index in [0.29, 0.717) is 0 Å². The van der Waals surface area contributed by atoms with Crippen molar-refractivity contribution in [3.8, 4) is 0 Å². The van der Waals surface area contributed by atoms with E-state index in [4.69, 9.17) is 0 Å². The average molecular weight is 354 g/mol. The van der Waals surface area contributed by atoms with Crippen molar-refractivity contribution in [1.82, 2.24) is 20.4 Å². The van der Waals surface area contributed by atoms with Gasteiger partial charge in [0.05, 0.1) is 6.20 Å². The lowest BCUT2D eigenvalue weighted by Crippen LogP contribution is -2.45. The maximum Gasteiger partial charge on any atom is 0.191 e. The van der Waals surface area contributed by atoms with Crippen LogP contribution in [0.3, 0.4) is 0 Å². The third-order valence-corrected chi connectivity index (χ3v) is 5.38. The number of rotatable bonds is 7. The molecule has 0 bridgehead atoms. The third kappa shape index (κ3) is 4.65. The first kappa shape index (κ1) is 18.5. The third-order valence-electron chi connectivity index (χ3n) is 5.38. The van der Waals surface area contributed by atoms with Crippen molar-refractivity contribution in [2.24, 2.45) is 4.99 Å². The van der Waals surface area contributed by atoms with Gasteiger partial charge in [-0.25, -0.2) is 0 Å². The Morgan fingerprint density at radius 2 is 1.96 bits per heavy atom. The normalized spacial score (nSPS) is 16.6. The Morgan fingerprint density at radius 1 is 1.19 bits per heavy atom. The fourth-order valence-electron chi connectivity index (χ4n) is 3.92. The summed E-state index contributed by atoms with van der Waals surface area (Å²) in [4.78, 5) is 4.39. The van der Waals surface area contributed by atoms with Crippen LogP contribution in [-0.2, 0) is 12.0 Å². The first-order chi connectivity index (χ1) is 12.7. The quantitative estimate of drug-likeness (QED) is 0.456. The van der Waals surface area contributed by atoms with E-state index >= 15 is 0 Å². The lowest BCUT2D eigenvalue weighted by molar-refractivity contribution is 0.431. The zero-order chi connectivity index (χ0) is 18.2. The highest BCUT2D eigenvalue weighted by Gasteiger charge is 2.35. The van der Waals surface area contributed by atoms with Gasteiger partial charge in [-0.1, -0.05) is 43.2 Å².